The summed E-state index contributed by atoms with van der Waals surface area (Å²) < 4.78 is 4.87. The maximum absolute atomic E-state index is 11.8. The van der Waals surface area contributed by atoms with E-state index in [0.29, 0.717) is 11.1 Å². The van der Waals surface area contributed by atoms with E-state index in [1.807, 2.05) is 6.07 Å². The van der Waals surface area contributed by atoms with Crippen molar-refractivity contribution in [2.75, 3.05) is 6.61 Å². The number of benzene rings is 1. The van der Waals surface area contributed by atoms with Crippen LogP contribution in [0, 0.1) is 28.4 Å². The number of nitrogens with zero attached hydrogens (tertiary/aromatic N) is 2. The number of hydrogen-bond acceptors (Lipinski definition) is 5. The molecule has 0 amide bonds. The highest BCUT2D eigenvalue weighted by atomic mass is 16.6. The van der Waals surface area contributed by atoms with Crippen molar-refractivity contribution in [3.63, 3.8) is 0 Å². The molecule has 0 spiro atoms. The van der Waals surface area contributed by atoms with Crippen molar-refractivity contribution in [3.8, 4) is 6.07 Å². The first-order valence-corrected chi connectivity index (χ1v) is 5.70. The molecule has 0 N–H and O–H groups in total. The maximum atomic E-state index is 11.8. The van der Waals surface area contributed by atoms with Gasteiger partial charge in [0.1, 0.15) is 0 Å². The number of carbonyl (C=O) groups is 1. The van der Waals surface area contributed by atoms with Gasteiger partial charge in [0.05, 0.1) is 17.6 Å². The Kier molecular flexibility index (Phi) is 4.22. The molecule has 0 aromatic heterocycles. The van der Waals surface area contributed by atoms with Crippen LogP contribution < -0.4 is 0 Å². The normalized spacial score (nSPS) is 13.2. The van der Waals surface area contributed by atoms with Crippen molar-refractivity contribution in [2.45, 2.75) is 26.2 Å². The van der Waals surface area contributed by atoms with Crippen LogP contribution in [-0.2, 0) is 14.9 Å². The van der Waals surface area contributed by atoms with Gasteiger partial charge in [0, 0.05) is 11.6 Å². The SMILES string of the molecule is CCOC(=O)C(C)(C#N)c1ccc([N+](=O)[O-])c(C)c1. The van der Waals surface area contributed by atoms with Crippen LogP contribution in [0.2, 0.25) is 0 Å². The third-order valence-electron chi connectivity index (χ3n) is 2.88. The molecule has 1 aromatic carbocycles. The zero-order chi connectivity index (χ0) is 14.6. The van der Waals surface area contributed by atoms with E-state index < -0.39 is 16.3 Å². The fourth-order valence-electron chi connectivity index (χ4n) is 1.67. The van der Waals surface area contributed by atoms with E-state index in [-0.39, 0.29) is 12.3 Å². The summed E-state index contributed by atoms with van der Waals surface area (Å²) in [5.74, 6) is -0.661. The van der Waals surface area contributed by atoms with E-state index in [1.54, 1.807) is 13.8 Å². The van der Waals surface area contributed by atoms with Crippen molar-refractivity contribution < 1.29 is 14.5 Å². The quantitative estimate of drug-likeness (QED) is 0.471. The number of carbonyl (C=O) groups excluding carboxylic acids is 1. The van der Waals surface area contributed by atoms with E-state index in [9.17, 15) is 20.2 Å². The van der Waals surface area contributed by atoms with Crippen molar-refractivity contribution in [2.24, 2.45) is 0 Å². The number of nitro benzene ring substituents is 1. The van der Waals surface area contributed by atoms with Gasteiger partial charge in [0.2, 0.25) is 0 Å². The van der Waals surface area contributed by atoms with Gasteiger partial charge in [-0.05, 0) is 38.5 Å². The highest BCUT2D eigenvalue weighted by Gasteiger charge is 2.37. The number of esters is 1. The van der Waals surface area contributed by atoms with Gasteiger partial charge in [0.25, 0.3) is 5.69 Å². The summed E-state index contributed by atoms with van der Waals surface area (Å²) >= 11 is 0. The van der Waals surface area contributed by atoms with Gasteiger partial charge >= 0.3 is 5.97 Å². The van der Waals surface area contributed by atoms with Crippen LogP contribution in [0.1, 0.15) is 25.0 Å². The van der Waals surface area contributed by atoms with Crippen LogP contribution in [0.15, 0.2) is 18.2 Å². The first-order valence-electron chi connectivity index (χ1n) is 5.70. The molecule has 0 aliphatic carbocycles. The molecule has 100 valence electrons. The summed E-state index contributed by atoms with van der Waals surface area (Å²) in [5.41, 5.74) is -0.728. The largest absolute Gasteiger partial charge is 0.465 e. The first-order chi connectivity index (χ1) is 8.86. The minimum absolute atomic E-state index is 0.0482. The summed E-state index contributed by atoms with van der Waals surface area (Å²) in [4.78, 5) is 22.1. The molecule has 0 heterocycles. The van der Waals surface area contributed by atoms with Crippen molar-refractivity contribution in [1.29, 1.82) is 5.26 Å². The second-order valence-corrected chi connectivity index (χ2v) is 4.22. The second-order valence-electron chi connectivity index (χ2n) is 4.22. The molecule has 1 unspecified atom stereocenters. The summed E-state index contributed by atoms with van der Waals surface area (Å²) in [6, 6.07) is 6.08. The van der Waals surface area contributed by atoms with E-state index in [2.05, 4.69) is 0 Å². The third kappa shape index (κ3) is 2.71. The lowest BCUT2D eigenvalue weighted by molar-refractivity contribution is -0.385. The van der Waals surface area contributed by atoms with Crippen LogP contribution in [0.25, 0.3) is 0 Å². The molecule has 6 heteroatoms. The molecule has 1 rings (SSSR count). The molecule has 19 heavy (non-hydrogen) atoms. The Bertz CT molecular complexity index is 562. The fourth-order valence-corrected chi connectivity index (χ4v) is 1.67. The summed E-state index contributed by atoms with van der Waals surface area (Å²) in [5, 5.41) is 20.0. The number of nitriles is 1. The Labute approximate surface area is 110 Å². The lowest BCUT2D eigenvalue weighted by Gasteiger charge is -2.20. The van der Waals surface area contributed by atoms with Crippen molar-refractivity contribution in [3.05, 3.63) is 39.4 Å². The molecular formula is C13H14N2O4. The fraction of sp³-hybridized carbons (Fsp3) is 0.385. The molecule has 0 aliphatic rings. The maximum Gasteiger partial charge on any atom is 0.330 e. The van der Waals surface area contributed by atoms with Crippen molar-refractivity contribution >= 4 is 11.7 Å². The number of nitro groups is 1. The molecule has 0 aliphatic heterocycles. The number of ether oxygens (including phenoxy) is 1. The second kappa shape index (κ2) is 5.48. The summed E-state index contributed by atoms with van der Waals surface area (Å²) in [6.07, 6.45) is 0. The minimum Gasteiger partial charge on any atom is -0.465 e. The Hall–Kier alpha value is -2.42. The highest BCUT2D eigenvalue weighted by molar-refractivity contribution is 5.86. The molecule has 0 fully saturated rings. The van der Waals surface area contributed by atoms with Gasteiger partial charge < -0.3 is 4.74 Å². The monoisotopic (exact) mass is 262 g/mol. The molecule has 1 aromatic rings. The van der Waals surface area contributed by atoms with Crippen molar-refractivity contribution in [1.82, 2.24) is 0 Å². The van der Waals surface area contributed by atoms with E-state index in [0.717, 1.165) is 0 Å². The van der Waals surface area contributed by atoms with Crippen LogP contribution in [0.4, 0.5) is 5.69 Å². The van der Waals surface area contributed by atoms with Crippen LogP contribution in [-0.4, -0.2) is 17.5 Å². The Morgan fingerprint density at radius 3 is 2.63 bits per heavy atom. The molecule has 0 bridgehead atoms. The average Bonchev–Trinajstić information content (AvgIpc) is 2.37. The lowest BCUT2D eigenvalue weighted by Crippen LogP contribution is -2.33. The van der Waals surface area contributed by atoms with Crippen LogP contribution >= 0.6 is 0 Å². The molecule has 1 atom stereocenters. The molecule has 0 radical (unpaired) electrons. The minimum atomic E-state index is -1.46. The van der Waals surface area contributed by atoms with E-state index >= 15 is 0 Å². The predicted molar refractivity (Wildman–Crippen MR) is 67.4 cm³/mol. The van der Waals surface area contributed by atoms with Crippen LogP contribution in [0.5, 0.6) is 0 Å². The van der Waals surface area contributed by atoms with Gasteiger partial charge in [0.15, 0.2) is 5.41 Å². The van der Waals surface area contributed by atoms with E-state index in [4.69, 9.17) is 4.74 Å². The number of aryl methyl sites for hydroxylation is 1. The highest BCUT2D eigenvalue weighted by Crippen LogP contribution is 2.29. The Morgan fingerprint density at radius 2 is 2.21 bits per heavy atom. The van der Waals surface area contributed by atoms with E-state index in [1.165, 1.54) is 25.1 Å². The summed E-state index contributed by atoms with van der Waals surface area (Å²) in [6.45, 7) is 4.81. The van der Waals surface area contributed by atoms with Gasteiger partial charge in [-0.3, -0.25) is 10.1 Å². The topological polar surface area (TPSA) is 93.2 Å². The molecule has 0 saturated carbocycles. The molecule has 6 nitrogen and oxygen atoms in total. The predicted octanol–water partition coefficient (Wildman–Crippen LogP) is 2.25. The first kappa shape index (κ1) is 14.6. The smallest absolute Gasteiger partial charge is 0.330 e. The lowest BCUT2D eigenvalue weighted by atomic mass is 9.83. The van der Waals surface area contributed by atoms with Gasteiger partial charge in [-0.1, -0.05) is 0 Å². The molecule has 0 saturated heterocycles. The van der Waals surface area contributed by atoms with Gasteiger partial charge in [-0.25, -0.2) is 4.79 Å². The zero-order valence-corrected chi connectivity index (χ0v) is 11.0. The standard InChI is InChI=1S/C13H14N2O4/c1-4-19-12(16)13(3,8-14)10-5-6-11(15(17)18)9(2)7-10/h5-7H,4H2,1-3H3. The molecular weight excluding hydrogens is 248 g/mol. The Morgan fingerprint density at radius 1 is 1.58 bits per heavy atom. The van der Waals surface area contributed by atoms with Gasteiger partial charge in [-0.15, -0.1) is 0 Å². The zero-order valence-electron chi connectivity index (χ0n) is 11.0. The average molecular weight is 262 g/mol. The third-order valence-corrected chi connectivity index (χ3v) is 2.88. The number of hydrogen-bond donors (Lipinski definition) is 0. The van der Waals surface area contributed by atoms with Gasteiger partial charge in [-0.2, -0.15) is 5.26 Å². The Balaban J connectivity index is 3.28. The number of rotatable bonds is 4. The van der Waals surface area contributed by atoms with Crippen LogP contribution in [0.3, 0.4) is 0 Å². The summed E-state index contributed by atoms with van der Waals surface area (Å²) in [7, 11) is 0.